The minimum absolute atomic E-state index is 0.164. The minimum atomic E-state index is -0.417. The maximum Gasteiger partial charge on any atom is 0.279 e. The Kier molecular flexibility index (Phi) is 2.82. The zero-order valence-corrected chi connectivity index (χ0v) is 9.52. The van der Waals surface area contributed by atoms with Crippen molar-refractivity contribution in [2.45, 2.75) is 19.8 Å². The molecule has 90 valence electrons. The molecular weight excluding hydrogens is 222 g/mol. The van der Waals surface area contributed by atoms with Crippen LogP contribution < -0.4 is 11.1 Å². The fraction of sp³-hybridized carbons (Fsp3) is 0.300. The van der Waals surface area contributed by atoms with Crippen LogP contribution in [0.2, 0.25) is 0 Å². The van der Waals surface area contributed by atoms with E-state index in [-0.39, 0.29) is 11.6 Å². The molecule has 7 nitrogen and oxygen atoms in total. The van der Waals surface area contributed by atoms with Crippen molar-refractivity contribution in [2.24, 2.45) is 0 Å². The van der Waals surface area contributed by atoms with Crippen LogP contribution in [0.4, 0.5) is 11.5 Å². The largest absolute Gasteiger partial charge is 0.395 e. The van der Waals surface area contributed by atoms with Gasteiger partial charge in [-0.3, -0.25) is 9.89 Å². The molecule has 0 aromatic carbocycles. The number of H-pyrrole nitrogens is 1. The van der Waals surface area contributed by atoms with Crippen molar-refractivity contribution in [1.82, 2.24) is 15.4 Å². The number of nitrogen functional groups attached to an aromatic ring is 1. The van der Waals surface area contributed by atoms with Crippen LogP contribution in [0.3, 0.4) is 0 Å². The normalized spacial score (nSPS) is 10.8. The van der Waals surface area contributed by atoms with E-state index in [1.54, 1.807) is 0 Å². The predicted molar refractivity (Wildman–Crippen MR) is 61.5 cm³/mol. The van der Waals surface area contributed by atoms with Crippen molar-refractivity contribution in [3.63, 3.8) is 0 Å². The molecule has 2 aromatic heterocycles. The number of aromatic nitrogens is 3. The van der Waals surface area contributed by atoms with Gasteiger partial charge in [0.25, 0.3) is 5.91 Å². The van der Waals surface area contributed by atoms with Gasteiger partial charge in [0.1, 0.15) is 6.26 Å². The number of hydrogen-bond donors (Lipinski definition) is 3. The van der Waals surface area contributed by atoms with Crippen LogP contribution in [-0.4, -0.2) is 21.3 Å². The van der Waals surface area contributed by atoms with Crippen molar-refractivity contribution in [3.05, 3.63) is 23.7 Å². The van der Waals surface area contributed by atoms with Crippen LogP contribution in [0.1, 0.15) is 35.9 Å². The molecule has 0 saturated carbocycles. The Bertz CT molecular complexity index is 515. The van der Waals surface area contributed by atoms with E-state index in [9.17, 15) is 4.79 Å². The molecule has 2 aromatic rings. The van der Waals surface area contributed by atoms with Crippen LogP contribution >= 0.6 is 0 Å². The first-order valence-electron chi connectivity index (χ1n) is 5.15. The van der Waals surface area contributed by atoms with E-state index in [4.69, 9.17) is 5.73 Å². The zero-order chi connectivity index (χ0) is 12.4. The Balaban J connectivity index is 2.20. The van der Waals surface area contributed by atoms with Crippen molar-refractivity contribution in [3.8, 4) is 0 Å². The Morgan fingerprint density at radius 1 is 1.59 bits per heavy atom. The molecule has 7 heteroatoms. The molecule has 0 radical (unpaired) electrons. The van der Waals surface area contributed by atoms with Crippen molar-refractivity contribution in [1.29, 1.82) is 0 Å². The molecule has 0 aliphatic carbocycles. The van der Waals surface area contributed by atoms with Crippen LogP contribution in [0.5, 0.6) is 0 Å². The Hall–Kier alpha value is -2.31. The Labute approximate surface area is 97.4 Å². The third kappa shape index (κ3) is 2.12. The van der Waals surface area contributed by atoms with Crippen molar-refractivity contribution in [2.75, 3.05) is 11.1 Å². The third-order valence-corrected chi connectivity index (χ3v) is 2.31. The molecule has 0 aliphatic rings. The number of carbonyl (C=O) groups excluding carboxylic acids is 1. The van der Waals surface area contributed by atoms with E-state index in [1.807, 2.05) is 13.8 Å². The average molecular weight is 235 g/mol. The van der Waals surface area contributed by atoms with Gasteiger partial charge in [0.2, 0.25) is 0 Å². The standard InChI is InChI=1S/C10H13N5O2/c1-5(2)8-7(11)9(14-13-8)10(16)12-6-3-4-17-15-6/h3-5H,11H2,1-2H3,(H,13,14)(H,12,15,16). The summed E-state index contributed by atoms with van der Waals surface area (Å²) in [5.74, 6) is 0.0825. The molecule has 0 fully saturated rings. The van der Waals surface area contributed by atoms with Crippen molar-refractivity contribution >= 4 is 17.4 Å². The average Bonchev–Trinajstić information content (AvgIpc) is 2.86. The van der Waals surface area contributed by atoms with E-state index < -0.39 is 5.91 Å². The fourth-order valence-corrected chi connectivity index (χ4v) is 1.43. The maximum atomic E-state index is 11.8. The molecule has 1 amide bonds. The quantitative estimate of drug-likeness (QED) is 0.743. The van der Waals surface area contributed by atoms with Gasteiger partial charge in [0.05, 0.1) is 11.4 Å². The molecule has 4 N–H and O–H groups in total. The topological polar surface area (TPSA) is 110 Å². The summed E-state index contributed by atoms with van der Waals surface area (Å²) in [4.78, 5) is 11.8. The molecule has 0 bridgehead atoms. The lowest BCUT2D eigenvalue weighted by Gasteiger charge is -2.02. The van der Waals surface area contributed by atoms with Gasteiger partial charge < -0.3 is 15.6 Å². The second-order valence-corrected chi connectivity index (χ2v) is 3.89. The summed E-state index contributed by atoms with van der Waals surface area (Å²) in [6, 6.07) is 1.53. The lowest BCUT2D eigenvalue weighted by molar-refractivity contribution is 0.102. The highest BCUT2D eigenvalue weighted by molar-refractivity contribution is 6.06. The molecule has 0 atom stereocenters. The van der Waals surface area contributed by atoms with Gasteiger partial charge >= 0.3 is 0 Å². The number of aromatic amines is 1. The number of nitrogens with two attached hydrogens (primary N) is 1. The monoisotopic (exact) mass is 235 g/mol. The minimum Gasteiger partial charge on any atom is -0.395 e. The first kappa shape index (κ1) is 11.2. The fourth-order valence-electron chi connectivity index (χ4n) is 1.43. The number of carbonyl (C=O) groups is 1. The highest BCUT2D eigenvalue weighted by Gasteiger charge is 2.19. The Morgan fingerprint density at radius 2 is 2.35 bits per heavy atom. The van der Waals surface area contributed by atoms with Crippen LogP contribution in [-0.2, 0) is 0 Å². The van der Waals surface area contributed by atoms with Crippen molar-refractivity contribution < 1.29 is 9.32 Å². The van der Waals surface area contributed by atoms with Gasteiger partial charge in [-0.05, 0) is 5.92 Å². The maximum absolute atomic E-state index is 11.8. The van der Waals surface area contributed by atoms with Gasteiger partial charge in [-0.25, -0.2) is 0 Å². The summed E-state index contributed by atoms with van der Waals surface area (Å²) >= 11 is 0. The number of anilines is 2. The zero-order valence-electron chi connectivity index (χ0n) is 9.52. The first-order chi connectivity index (χ1) is 8.09. The molecule has 0 unspecified atom stereocenters. The van der Waals surface area contributed by atoms with Gasteiger partial charge in [-0.15, -0.1) is 0 Å². The highest BCUT2D eigenvalue weighted by atomic mass is 16.5. The second-order valence-electron chi connectivity index (χ2n) is 3.89. The van der Waals surface area contributed by atoms with Gasteiger partial charge in [0, 0.05) is 6.07 Å². The SMILES string of the molecule is CC(C)c1[nH]nc(C(=O)Nc2ccon2)c1N. The third-order valence-electron chi connectivity index (χ3n) is 2.31. The van der Waals surface area contributed by atoms with Gasteiger partial charge in [0.15, 0.2) is 11.5 Å². The number of nitrogens with zero attached hydrogens (tertiary/aromatic N) is 2. The van der Waals surface area contributed by atoms with Crippen LogP contribution in [0.25, 0.3) is 0 Å². The van der Waals surface area contributed by atoms with E-state index in [1.165, 1.54) is 12.3 Å². The summed E-state index contributed by atoms with van der Waals surface area (Å²) in [5.41, 5.74) is 7.11. The molecule has 2 rings (SSSR count). The summed E-state index contributed by atoms with van der Waals surface area (Å²) < 4.78 is 4.60. The molecule has 17 heavy (non-hydrogen) atoms. The first-order valence-corrected chi connectivity index (χ1v) is 5.15. The molecule has 0 spiro atoms. The number of amides is 1. The predicted octanol–water partition coefficient (Wildman–Crippen LogP) is 1.36. The van der Waals surface area contributed by atoms with Gasteiger partial charge in [-0.2, -0.15) is 5.10 Å². The Morgan fingerprint density at radius 3 is 2.88 bits per heavy atom. The summed E-state index contributed by atoms with van der Waals surface area (Å²) in [7, 11) is 0. The van der Waals surface area contributed by atoms with E-state index in [0.717, 1.165) is 5.69 Å². The van der Waals surface area contributed by atoms with E-state index >= 15 is 0 Å². The van der Waals surface area contributed by atoms with E-state index in [2.05, 4.69) is 25.2 Å². The van der Waals surface area contributed by atoms with Crippen LogP contribution in [0.15, 0.2) is 16.9 Å². The molecule has 0 saturated heterocycles. The number of hydrogen-bond acceptors (Lipinski definition) is 5. The summed E-state index contributed by atoms with van der Waals surface area (Å²) in [6.07, 6.45) is 1.36. The molecule has 2 heterocycles. The summed E-state index contributed by atoms with van der Waals surface area (Å²) in [6.45, 7) is 3.92. The lowest BCUT2D eigenvalue weighted by atomic mass is 10.1. The second kappa shape index (κ2) is 4.28. The number of nitrogens with one attached hydrogen (secondary N) is 2. The van der Waals surface area contributed by atoms with Gasteiger partial charge in [-0.1, -0.05) is 19.0 Å². The summed E-state index contributed by atoms with van der Waals surface area (Å²) in [5, 5.41) is 12.7. The lowest BCUT2D eigenvalue weighted by Crippen LogP contribution is -2.14. The highest BCUT2D eigenvalue weighted by Crippen LogP contribution is 2.22. The molecule has 0 aliphatic heterocycles. The van der Waals surface area contributed by atoms with E-state index in [0.29, 0.717) is 11.5 Å². The molecular formula is C10H13N5O2. The van der Waals surface area contributed by atoms with Crippen LogP contribution in [0, 0.1) is 0 Å². The smallest absolute Gasteiger partial charge is 0.279 e. The number of rotatable bonds is 3.